The van der Waals surface area contributed by atoms with Crippen LogP contribution < -0.4 is 14.2 Å². The van der Waals surface area contributed by atoms with Crippen molar-refractivity contribution in [2.75, 3.05) is 21.3 Å². The van der Waals surface area contributed by atoms with Gasteiger partial charge in [-0.05, 0) is 29.3 Å². The number of nitrogens with zero attached hydrogens (tertiary/aromatic N) is 1. The number of ether oxygens (including phenoxy) is 4. The van der Waals surface area contributed by atoms with Crippen LogP contribution in [0.3, 0.4) is 0 Å². The van der Waals surface area contributed by atoms with E-state index in [4.69, 9.17) is 30.5 Å². The van der Waals surface area contributed by atoms with Gasteiger partial charge in [-0.1, -0.05) is 30.7 Å². The molecule has 0 unspecified atom stereocenters. The molecule has 8 nitrogen and oxygen atoms in total. The number of aromatic nitrogens is 1. The van der Waals surface area contributed by atoms with Crippen LogP contribution in [-0.2, 0) is 10.3 Å². The summed E-state index contributed by atoms with van der Waals surface area (Å²) in [5.74, 6) is -2.35. The molecule has 1 spiro atoms. The summed E-state index contributed by atoms with van der Waals surface area (Å²) in [6.07, 6.45) is -0.0583. The molecule has 0 N–H and O–H groups in total. The second-order valence-electron chi connectivity index (χ2n) is 8.77. The SMILES string of the molecule is COC(=O)c1cc(-c2ccc(F)cc2)c2c(n1)[C@@]1(Oc3c(Cl)c(OC)cc(OC)c3C1=O)[C@H](C)CC2=O. The van der Waals surface area contributed by atoms with Gasteiger partial charge in [0, 0.05) is 18.4 Å². The minimum absolute atomic E-state index is 0.0311. The molecule has 0 saturated carbocycles. The van der Waals surface area contributed by atoms with Crippen molar-refractivity contribution in [2.45, 2.75) is 18.9 Å². The molecular weight excluding hydrogens is 505 g/mol. The van der Waals surface area contributed by atoms with Crippen LogP contribution in [0, 0.1) is 11.7 Å². The van der Waals surface area contributed by atoms with Crippen molar-refractivity contribution in [1.82, 2.24) is 4.98 Å². The zero-order valence-electron chi connectivity index (χ0n) is 20.3. The zero-order chi connectivity index (χ0) is 26.6. The fraction of sp³-hybridized carbons (Fsp3) is 0.259. The molecule has 1 aliphatic heterocycles. The van der Waals surface area contributed by atoms with E-state index in [1.54, 1.807) is 6.92 Å². The molecule has 3 aromatic rings. The number of benzene rings is 2. The molecule has 2 heterocycles. The fourth-order valence-corrected chi connectivity index (χ4v) is 5.27. The lowest BCUT2D eigenvalue weighted by atomic mass is 9.70. The number of hydrogen-bond acceptors (Lipinski definition) is 8. The number of carbonyl (C=O) groups excluding carboxylic acids is 3. The van der Waals surface area contributed by atoms with Gasteiger partial charge in [-0.3, -0.25) is 9.59 Å². The van der Waals surface area contributed by atoms with E-state index in [1.807, 2.05) is 0 Å². The molecule has 37 heavy (non-hydrogen) atoms. The van der Waals surface area contributed by atoms with Crippen LogP contribution in [-0.4, -0.2) is 43.8 Å². The molecule has 190 valence electrons. The van der Waals surface area contributed by atoms with E-state index in [1.165, 1.54) is 57.7 Å². The smallest absolute Gasteiger partial charge is 0.356 e. The second-order valence-corrected chi connectivity index (χ2v) is 9.15. The third-order valence-corrected chi connectivity index (χ3v) is 7.16. The number of Topliss-reactive ketones (excluding diaryl/α,β-unsaturated/α-hetero) is 2. The van der Waals surface area contributed by atoms with E-state index in [0.717, 1.165) is 0 Å². The lowest BCUT2D eigenvalue weighted by Gasteiger charge is -2.38. The summed E-state index contributed by atoms with van der Waals surface area (Å²) in [5.41, 5.74) is -1.07. The van der Waals surface area contributed by atoms with Gasteiger partial charge in [-0.25, -0.2) is 14.2 Å². The van der Waals surface area contributed by atoms with Crippen LogP contribution in [0.1, 0.15) is 50.2 Å². The van der Waals surface area contributed by atoms with Gasteiger partial charge in [-0.15, -0.1) is 0 Å². The minimum Gasteiger partial charge on any atom is -0.496 e. The number of halogens is 2. The van der Waals surface area contributed by atoms with E-state index in [9.17, 15) is 18.8 Å². The summed E-state index contributed by atoms with van der Waals surface area (Å²) in [5, 5.41) is 0.0528. The number of ketones is 2. The van der Waals surface area contributed by atoms with Gasteiger partial charge in [0.1, 0.15) is 39.3 Å². The average Bonchev–Trinajstić information content (AvgIpc) is 3.21. The Kier molecular flexibility index (Phi) is 5.91. The standard InChI is InChI=1S/C27H21ClFNO7/c1-12-9-17(31)20-15(13-5-7-14(29)8-6-13)10-16(26(33)36-4)30-24(20)27(12)25(32)21-18(34-2)11-19(35-3)22(28)23(21)37-27/h5-8,10-12H,9H2,1-4H3/t12-,27+/m1/s1. The molecule has 0 bridgehead atoms. The summed E-state index contributed by atoms with van der Waals surface area (Å²) in [4.78, 5) is 44.7. The summed E-state index contributed by atoms with van der Waals surface area (Å²) in [7, 11) is 3.99. The predicted molar refractivity (Wildman–Crippen MR) is 130 cm³/mol. The van der Waals surface area contributed by atoms with Crippen molar-refractivity contribution in [1.29, 1.82) is 0 Å². The second kappa shape index (κ2) is 8.85. The molecule has 0 radical (unpaired) electrons. The van der Waals surface area contributed by atoms with Gasteiger partial charge in [-0.2, -0.15) is 0 Å². The van der Waals surface area contributed by atoms with Gasteiger partial charge >= 0.3 is 5.97 Å². The van der Waals surface area contributed by atoms with Crippen molar-refractivity contribution >= 4 is 29.1 Å². The largest absolute Gasteiger partial charge is 0.496 e. The van der Waals surface area contributed by atoms with Crippen LogP contribution in [0.25, 0.3) is 11.1 Å². The normalized spacial score (nSPS) is 19.8. The monoisotopic (exact) mass is 525 g/mol. The highest BCUT2D eigenvalue weighted by atomic mass is 35.5. The highest BCUT2D eigenvalue weighted by Crippen LogP contribution is 2.57. The lowest BCUT2D eigenvalue weighted by molar-refractivity contribution is 0.0190. The first-order valence-electron chi connectivity index (χ1n) is 11.3. The summed E-state index contributed by atoms with van der Waals surface area (Å²) in [6, 6.07) is 8.28. The van der Waals surface area contributed by atoms with Gasteiger partial charge in [0.2, 0.25) is 11.4 Å². The maximum absolute atomic E-state index is 14.2. The van der Waals surface area contributed by atoms with E-state index in [2.05, 4.69) is 4.98 Å². The Morgan fingerprint density at radius 2 is 1.76 bits per heavy atom. The zero-order valence-corrected chi connectivity index (χ0v) is 21.1. The average molecular weight is 526 g/mol. The lowest BCUT2D eigenvalue weighted by Crippen LogP contribution is -2.49. The molecule has 5 rings (SSSR count). The Hall–Kier alpha value is -3.98. The first-order valence-corrected chi connectivity index (χ1v) is 11.7. The molecule has 0 fully saturated rings. The topological polar surface area (TPSA) is 101 Å². The van der Waals surface area contributed by atoms with Crippen LogP contribution in [0.5, 0.6) is 17.2 Å². The third-order valence-electron chi connectivity index (χ3n) is 6.80. The number of hydrogen-bond donors (Lipinski definition) is 0. The highest BCUT2D eigenvalue weighted by molar-refractivity contribution is 6.35. The Morgan fingerprint density at radius 1 is 1.08 bits per heavy atom. The summed E-state index contributed by atoms with van der Waals surface area (Å²) >= 11 is 6.55. The Labute approximate surface area is 216 Å². The fourth-order valence-electron chi connectivity index (χ4n) is 5.00. The van der Waals surface area contributed by atoms with Crippen LogP contribution in [0.2, 0.25) is 5.02 Å². The molecular formula is C27H21ClFNO7. The van der Waals surface area contributed by atoms with E-state index in [0.29, 0.717) is 11.1 Å². The van der Waals surface area contributed by atoms with Crippen molar-refractivity contribution < 1.29 is 37.7 Å². The molecule has 1 aromatic heterocycles. The molecule has 2 aromatic carbocycles. The van der Waals surface area contributed by atoms with Crippen LogP contribution in [0.4, 0.5) is 4.39 Å². The van der Waals surface area contributed by atoms with Crippen molar-refractivity contribution in [3.05, 3.63) is 69.8 Å². The van der Waals surface area contributed by atoms with Crippen LogP contribution >= 0.6 is 11.6 Å². The number of carbonyl (C=O) groups is 3. The van der Waals surface area contributed by atoms with Gasteiger partial charge < -0.3 is 18.9 Å². The first kappa shape index (κ1) is 24.7. The maximum Gasteiger partial charge on any atom is 0.356 e. The molecule has 2 aliphatic rings. The number of pyridine rings is 1. The molecule has 10 heteroatoms. The Balaban J connectivity index is 1.85. The molecule has 0 amide bonds. The maximum atomic E-state index is 14.2. The van der Waals surface area contributed by atoms with E-state index >= 15 is 0 Å². The minimum atomic E-state index is -1.80. The quantitative estimate of drug-likeness (QED) is 0.437. The van der Waals surface area contributed by atoms with Gasteiger partial charge in [0.05, 0.1) is 26.9 Å². The van der Waals surface area contributed by atoms with Gasteiger partial charge in [0.15, 0.2) is 11.5 Å². The highest BCUT2D eigenvalue weighted by Gasteiger charge is 2.60. The number of fused-ring (bicyclic) bond motifs is 3. The molecule has 0 saturated heterocycles. The Bertz CT molecular complexity index is 1490. The van der Waals surface area contributed by atoms with Crippen molar-refractivity contribution in [3.63, 3.8) is 0 Å². The number of methoxy groups -OCH3 is 3. The van der Waals surface area contributed by atoms with E-state index < -0.39 is 29.1 Å². The molecule has 1 aliphatic carbocycles. The summed E-state index contributed by atoms with van der Waals surface area (Å²) < 4.78 is 35.7. The first-order chi connectivity index (χ1) is 17.7. The van der Waals surface area contributed by atoms with Gasteiger partial charge in [0.25, 0.3) is 0 Å². The van der Waals surface area contributed by atoms with Crippen molar-refractivity contribution in [2.24, 2.45) is 5.92 Å². The van der Waals surface area contributed by atoms with E-state index in [-0.39, 0.29) is 57.0 Å². The summed E-state index contributed by atoms with van der Waals surface area (Å²) in [6.45, 7) is 1.69. The molecule has 2 atom stereocenters. The number of rotatable bonds is 4. The Morgan fingerprint density at radius 3 is 2.38 bits per heavy atom. The van der Waals surface area contributed by atoms with Crippen LogP contribution in [0.15, 0.2) is 36.4 Å². The third kappa shape index (κ3) is 3.48. The number of esters is 1. The predicted octanol–water partition coefficient (Wildman–Crippen LogP) is 5.04. The van der Waals surface area contributed by atoms with Crippen molar-refractivity contribution in [3.8, 4) is 28.4 Å².